The molecule has 0 atom stereocenters. The molecule has 0 aliphatic carbocycles. The molecule has 0 saturated heterocycles. The minimum atomic E-state index is -0.957. The highest BCUT2D eigenvalue weighted by Gasteiger charge is 2.14. The third kappa shape index (κ3) is 3.50. The van der Waals surface area contributed by atoms with Crippen LogP contribution in [0, 0.1) is 0 Å². The summed E-state index contributed by atoms with van der Waals surface area (Å²) < 4.78 is 0.868. The number of benzene rings is 1. The Morgan fingerprint density at radius 2 is 2.21 bits per heavy atom. The third-order valence-electron chi connectivity index (χ3n) is 2.30. The van der Waals surface area contributed by atoms with Gasteiger partial charge in [-0.2, -0.15) is 5.48 Å². The van der Waals surface area contributed by atoms with Crippen molar-refractivity contribution in [3.63, 3.8) is 0 Å². The predicted molar refractivity (Wildman–Crippen MR) is 74.3 cm³/mol. The lowest BCUT2D eigenvalue weighted by Gasteiger charge is -2.18. The van der Waals surface area contributed by atoms with Crippen molar-refractivity contribution in [2.45, 2.75) is 32.9 Å². The normalized spacial score (nSPS) is 11.9. The van der Waals surface area contributed by atoms with Crippen LogP contribution in [-0.4, -0.2) is 21.7 Å². The Morgan fingerprint density at radius 3 is 2.84 bits per heavy atom. The fourth-order valence-corrected chi connectivity index (χ4v) is 2.48. The first kappa shape index (κ1) is 13.9. The summed E-state index contributed by atoms with van der Waals surface area (Å²) in [5, 5.41) is 9.90. The van der Waals surface area contributed by atoms with Crippen LogP contribution >= 0.6 is 11.3 Å². The molecule has 1 aromatic heterocycles. The van der Waals surface area contributed by atoms with Crippen molar-refractivity contribution in [1.82, 2.24) is 10.5 Å². The average Bonchev–Trinajstić information content (AvgIpc) is 2.68. The molecule has 2 aromatic rings. The Hall–Kier alpha value is -1.50. The quantitative estimate of drug-likeness (QED) is 0.843. The predicted octanol–water partition coefficient (Wildman–Crippen LogP) is 2.81. The topological polar surface area (TPSA) is 71.5 Å². The zero-order valence-corrected chi connectivity index (χ0v) is 11.9. The molecule has 2 N–H and O–H groups in total. The number of carboxylic acids is 1. The van der Waals surface area contributed by atoms with Crippen LogP contribution in [0.15, 0.2) is 18.2 Å². The van der Waals surface area contributed by atoms with Gasteiger partial charge in [0.05, 0.1) is 27.9 Å². The summed E-state index contributed by atoms with van der Waals surface area (Å²) >= 11 is 1.46. The Morgan fingerprint density at radius 1 is 1.47 bits per heavy atom. The maximum Gasteiger partial charge on any atom is 0.337 e. The van der Waals surface area contributed by atoms with Crippen LogP contribution in [0.25, 0.3) is 10.2 Å². The van der Waals surface area contributed by atoms with E-state index in [0.717, 1.165) is 9.71 Å². The number of aromatic nitrogens is 1. The van der Waals surface area contributed by atoms with E-state index < -0.39 is 5.97 Å². The van der Waals surface area contributed by atoms with E-state index in [1.165, 1.54) is 11.3 Å². The first-order chi connectivity index (χ1) is 8.87. The highest BCUT2D eigenvalue weighted by Crippen LogP contribution is 2.25. The number of hydrogen-bond donors (Lipinski definition) is 2. The Labute approximate surface area is 115 Å². The van der Waals surface area contributed by atoms with Crippen LogP contribution in [0.2, 0.25) is 0 Å². The van der Waals surface area contributed by atoms with E-state index in [0.29, 0.717) is 12.1 Å². The first-order valence-corrected chi connectivity index (χ1v) is 6.71. The number of hydroxylamine groups is 1. The van der Waals surface area contributed by atoms with E-state index in [2.05, 4.69) is 10.5 Å². The molecular formula is C13H16N2O3S. The van der Waals surface area contributed by atoms with Gasteiger partial charge in [-0.25, -0.2) is 9.78 Å². The van der Waals surface area contributed by atoms with Crippen molar-refractivity contribution in [3.05, 3.63) is 28.8 Å². The molecule has 1 heterocycles. The molecule has 2 rings (SSSR count). The lowest BCUT2D eigenvalue weighted by Crippen LogP contribution is -2.28. The van der Waals surface area contributed by atoms with Gasteiger partial charge in [-0.15, -0.1) is 11.3 Å². The standard InChI is InChI=1S/C13H16N2O3S/c1-13(2,3)18-14-7-10-15-11-8(12(16)17)5-4-6-9(11)19-10/h4-6,14H,7H2,1-3H3,(H,16,17). The molecule has 0 amide bonds. The molecule has 0 aliphatic rings. The van der Waals surface area contributed by atoms with E-state index in [1.807, 2.05) is 26.8 Å². The third-order valence-corrected chi connectivity index (χ3v) is 3.32. The summed E-state index contributed by atoms with van der Waals surface area (Å²) in [7, 11) is 0. The van der Waals surface area contributed by atoms with Gasteiger partial charge < -0.3 is 5.11 Å². The Kier molecular flexibility index (Phi) is 3.84. The number of hydrogen-bond acceptors (Lipinski definition) is 5. The van der Waals surface area contributed by atoms with Crippen LogP contribution in [0.4, 0.5) is 0 Å². The van der Waals surface area contributed by atoms with Crippen molar-refractivity contribution < 1.29 is 14.7 Å². The highest BCUT2D eigenvalue weighted by atomic mass is 32.1. The number of carboxylic acid groups (broad SMARTS) is 1. The fourth-order valence-electron chi connectivity index (χ4n) is 1.56. The van der Waals surface area contributed by atoms with E-state index in [4.69, 9.17) is 9.94 Å². The number of thiazole rings is 1. The van der Waals surface area contributed by atoms with Gasteiger partial charge in [0.25, 0.3) is 0 Å². The molecule has 0 unspecified atom stereocenters. The molecule has 0 aliphatic heterocycles. The molecule has 0 spiro atoms. The van der Waals surface area contributed by atoms with Gasteiger partial charge in [-0.3, -0.25) is 4.84 Å². The lowest BCUT2D eigenvalue weighted by molar-refractivity contribution is -0.0757. The molecular weight excluding hydrogens is 264 g/mol. The van der Waals surface area contributed by atoms with Crippen molar-refractivity contribution in [2.75, 3.05) is 0 Å². The number of rotatable bonds is 4. The summed E-state index contributed by atoms with van der Waals surface area (Å²) in [6, 6.07) is 5.16. The molecule has 0 bridgehead atoms. The van der Waals surface area contributed by atoms with Crippen molar-refractivity contribution in [2.24, 2.45) is 0 Å². The van der Waals surface area contributed by atoms with Gasteiger partial charge in [0, 0.05) is 0 Å². The van der Waals surface area contributed by atoms with Crippen LogP contribution < -0.4 is 5.48 Å². The monoisotopic (exact) mass is 280 g/mol. The second-order valence-corrected chi connectivity index (χ2v) is 6.22. The second kappa shape index (κ2) is 5.24. The molecule has 0 saturated carbocycles. The summed E-state index contributed by atoms with van der Waals surface area (Å²) in [5.74, 6) is -0.957. The largest absolute Gasteiger partial charge is 0.478 e. The van der Waals surface area contributed by atoms with Gasteiger partial charge in [-0.05, 0) is 32.9 Å². The first-order valence-electron chi connectivity index (χ1n) is 5.89. The van der Waals surface area contributed by atoms with E-state index in [1.54, 1.807) is 12.1 Å². The number of para-hydroxylation sites is 1. The molecule has 0 fully saturated rings. The van der Waals surface area contributed by atoms with Gasteiger partial charge in [-0.1, -0.05) is 6.07 Å². The van der Waals surface area contributed by atoms with Crippen LogP contribution in [0.1, 0.15) is 36.1 Å². The highest BCUT2D eigenvalue weighted by molar-refractivity contribution is 7.18. The SMILES string of the molecule is CC(C)(C)ONCc1nc2c(C(=O)O)cccc2s1. The molecule has 0 radical (unpaired) electrons. The van der Waals surface area contributed by atoms with Crippen molar-refractivity contribution >= 4 is 27.5 Å². The molecule has 19 heavy (non-hydrogen) atoms. The minimum absolute atomic E-state index is 0.233. The van der Waals surface area contributed by atoms with E-state index in [-0.39, 0.29) is 11.2 Å². The molecule has 6 heteroatoms. The lowest BCUT2D eigenvalue weighted by atomic mass is 10.2. The maximum absolute atomic E-state index is 11.1. The number of nitrogens with zero attached hydrogens (tertiary/aromatic N) is 1. The van der Waals surface area contributed by atoms with Gasteiger partial charge in [0.1, 0.15) is 5.01 Å². The number of nitrogens with one attached hydrogen (secondary N) is 1. The molecule has 102 valence electrons. The number of aromatic carboxylic acids is 1. The smallest absolute Gasteiger partial charge is 0.337 e. The minimum Gasteiger partial charge on any atom is -0.478 e. The van der Waals surface area contributed by atoms with Crippen LogP contribution in [-0.2, 0) is 11.4 Å². The Bertz CT molecular complexity index is 601. The summed E-state index contributed by atoms with van der Waals surface area (Å²) in [4.78, 5) is 20.8. The van der Waals surface area contributed by atoms with Crippen molar-refractivity contribution in [1.29, 1.82) is 0 Å². The second-order valence-electron chi connectivity index (χ2n) is 5.10. The average molecular weight is 280 g/mol. The molecule has 5 nitrogen and oxygen atoms in total. The summed E-state index contributed by atoms with van der Waals surface area (Å²) in [5.41, 5.74) is 3.34. The zero-order valence-electron chi connectivity index (χ0n) is 11.1. The van der Waals surface area contributed by atoms with Crippen LogP contribution in [0.3, 0.4) is 0 Å². The Balaban J connectivity index is 2.18. The maximum atomic E-state index is 11.1. The number of carbonyl (C=O) groups is 1. The van der Waals surface area contributed by atoms with E-state index in [9.17, 15) is 4.79 Å². The zero-order chi connectivity index (χ0) is 14.0. The van der Waals surface area contributed by atoms with Crippen LogP contribution in [0.5, 0.6) is 0 Å². The van der Waals surface area contributed by atoms with Crippen molar-refractivity contribution in [3.8, 4) is 0 Å². The summed E-state index contributed by atoms with van der Waals surface area (Å²) in [6.07, 6.45) is 0. The fraction of sp³-hybridized carbons (Fsp3) is 0.385. The van der Waals surface area contributed by atoms with Gasteiger partial charge in [0.2, 0.25) is 0 Å². The van der Waals surface area contributed by atoms with E-state index >= 15 is 0 Å². The molecule has 1 aromatic carbocycles. The number of fused-ring (bicyclic) bond motifs is 1. The summed E-state index contributed by atoms with van der Waals surface area (Å²) in [6.45, 7) is 6.29. The van der Waals surface area contributed by atoms with Gasteiger partial charge in [0.15, 0.2) is 0 Å². The van der Waals surface area contributed by atoms with Gasteiger partial charge >= 0.3 is 5.97 Å².